The van der Waals surface area contributed by atoms with Crippen molar-refractivity contribution in [3.05, 3.63) is 28.8 Å². The Morgan fingerprint density at radius 3 is 2.46 bits per heavy atom. The van der Waals surface area contributed by atoms with E-state index in [-0.39, 0.29) is 29.2 Å². The molecule has 3 rings (SSSR count). The number of aromatic hydroxyl groups is 1. The van der Waals surface area contributed by atoms with Gasteiger partial charge in [-0.25, -0.2) is 0 Å². The molecule has 0 atom stereocenters. The van der Waals surface area contributed by atoms with Crippen molar-refractivity contribution in [1.82, 2.24) is 9.80 Å². The van der Waals surface area contributed by atoms with Crippen LogP contribution in [-0.2, 0) is 0 Å². The van der Waals surface area contributed by atoms with Gasteiger partial charge in [0.05, 0.1) is 12.2 Å². The maximum absolute atomic E-state index is 12.7. The molecule has 0 aliphatic carbocycles. The number of aliphatic hydroxyl groups is 1. The number of amides is 1. The molecule has 2 aliphatic heterocycles. The van der Waals surface area contributed by atoms with E-state index >= 15 is 0 Å². The Kier molecular flexibility index (Phi) is 5.33. The number of nitrogens with zero attached hydrogens (tertiary/aromatic N) is 2. The molecule has 24 heavy (non-hydrogen) atoms. The van der Waals surface area contributed by atoms with E-state index in [4.69, 9.17) is 11.6 Å². The number of piperidine rings is 1. The molecule has 0 spiro atoms. The number of carbonyl (C=O) groups excluding carboxylic acids is 1. The number of phenolic OH excluding ortho intramolecular Hbond substituents is 1. The van der Waals surface area contributed by atoms with E-state index in [0.717, 1.165) is 32.5 Å². The Hall–Kier alpha value is -1.30. The molecule has 2 fully saturated rings. The maximum atomic E-state index is 12.7. The molecule has 0 unspecified atom stereocenters. The number of halogens is 1. The first-order chi connectivity index (χ1) is 11.5. The second-order valence-corrected chi connectivity index (χ2v) is 7.53. The monoisotopic (exact) mass is 352 g/mol. The molecule has 1 amide bonds. The normalized spacial score (nSPS) is 21.2. The third kappa shape index (κ3) is 3.68. The summed E-state index contributed by atoms with van der Waals surface area (Å²) in [7, 11) is 0. The number of likely N-dealkylation sites (tertiary alicyclic amines) is 2. The van der Waals surface area contributed by atoms with E-state index in [2.05, 4.69) is 4.90 Å². The summed E-state index contributed by atoms with van der Waals surface area (Å²) >= 11 is 5.94. The standard InChI is InChI=1S/C18H25ClN2O3/c19-14-3-4-16(23)15(11-14)17(24)21-9-5-18(13-22,6-10-21)12-20-7-1-2-8-20/h3-4,11,22-23H,1-2,5-10,12-13H2. The van der Waals surface area contributed by atoms with E-state index in [9.17, 15) is 15.0 Å². The predicted octanol–water partition coefficient (Wildman–Crippen LogP) is 2.36. The molecule has 1 aromatic carbocycles. The Labute approximate surface area is 147 Å². The molecule has 6 heteroatoms. The van der Waals surface area contributed by atoms with Gasteiger partial charge < -0.3 is 20.0 Å². The number of rotatable bonds is 4. The molecule has 2 heterocycles. The van der Waals surface area contributed by atoms with Gasteiger partial charge in [-0.1, -0.05) is 11.6 Å². The summed E-state index contributed by atoms with van der Waals surface area (Å²) in [5.74, 6) is -0.233. The second kappa shape index (κ2) is 7.30. The van der Waals surface area contributed by atoms with Crippen LogP contribution in [0.4, 0.5) is 0 Å². The van der Waals surface area contributed by atoms with Crippen molar-refractivity contribution >= 4 is 17.5 Å². The van der Waals surface area contributed by atoms with E-state index in [1.165, 1.54) is 25.0 Å². The van der Waals surface area contributed by atoms with Crippen molar-refractivity contribution in [2.45, 2.75) is 25.7 Å². The van der Waals surface area contributed by atoms with Gasteiger partial charge in [0.1, 0.15) is 5.75 Å². The quantitative estimate of drug-likeness (QED) is 0.873. The van der Waals surface area contributed by atoms with Crippen molar-refractivity contribution in [2.75, 3.05) is 39.3 Å². The van der Waals surface area contributed by atoms with Gasteiger partial charge in [0.25, 0.3) is 5.91 Å². The predicted molar refractivity (Wildman–Crippen MR) is 93.4 cm³/mol. The van der Waals surface area contributed by atoms with Crippen LogP contribution in [0, 0.1) is 5.41 Å². The molecular formula is C18H25ClN2O3. The number of phenols is 1. The average molecular weight is 353 g/mol. The Morgan fingerprint density at radius 2 is 1.83 bits per heavy atom. The van der Waals surface area contributed by atoms with Gasteiger partial charge in [-0.15, -0.1) is 0 Å². The minimum Gasteiger partial charge on any atom is -0.507 e. The zero-order valence-electron chi connectivity index (χ0n) is 13.9. The molecule has 2 saturated heterocycles. The summed E-state index contributed by atoms with van der Waals surface area (Å²) in [4.78, 5) is 16.8. The topological polar surface area (TPSA) is 64.0 Å². The summed E-state index contributed by atoms with van der Waals surface area (Å²) in [5.41, 5.74) is 0.135. The molecule has 2 aliphatic rings. The van der Waals surface area contributed by atoms with E-state index in [1.54, 1.807) is 11.0 Å². The summed E-state index contributed by atoms with van der Waals surface area (Å²) in [6, 6.07) is 4.53. The van der Waals surface area contributed by atoms with E-state index in [1.807, 2.05) is 0 Å². The molecule has 0 aromatic heterocycles. The minimum atomic E-state index is -0.192. The fourth-order valence-corrected chi connectivity index (χ4v) is 3.99. The van der Waals surface area contributed by atoms with Gasteiger partial charge in [-0.2, -0.15) is 0 Å². The Morgan fingerprint density at radius 1 is 1.17 bits per heavy atom. The lowest BCUT2D eigenvalue weighted by Gasteiger charge is -2.42. The van der Waals surface area contributed by atoms with Gasteiger partial charge in [0, 0.05) is 30.1 Å². The van der Waals surface area contributed by atoms with Crippen LogP contribution < -0.4 is 0 Å². The molecule has 0 radical (unpaired) electrons. The fraction of sp³-hybridized carbons (Fsp3) is 0.611. The molecular weight excluding hydrogens is 328 g/mol. The zero-order valence-corrected chi connectivity index (χ0v) is 14.6. The first kappa shape index (κ1) is 17.5. The van der Waals surface area contributed by atoms with Crippen LogP contribution >= 0.6 is 11.6 Å². The molecule has 0 saturated carbocycles. The highest BCUT2D eigenvalue weighted by molar-refractivity contribution is 6.31. The summed E-state index contributed by atoms with van der Waals surface area (Å²) in [6.07, 6.45) is 4.04. The Bertz CT molecular complexity index is 594. The molecule has 0 bridgehead atoms. The summed E-state index contributed by atoms with van der Waals surface area (Å²) in [6.45, 7) is 4.49. The third-order valence-corrected chi connectivity index (χ3v) is 5.63. The summed E-state index contributed by atoms with van der Waals surface area (Å²) in [5, 5.41) is 20.3. The van der Waals surface area contributed by atoms with Gasteiger partial charge in [-0.3, -0.25) is 4.79 Å². The highest BCUT2D eigenvalue weighted by Gasteiger charge is 2.37. The van der Waals surface area contributed by atoms with Gasteiger partial charge in [0.2, 0.25) is 0 Å². The van der Waals surface area contributed by atoms with Gasteiger partial charge >= 0.3 is 0 Å². The number of benzene rings is 1. The van der Waals surface area contributed by atoms with Gasteiger partial charge in [-0.05, 0) is 57.0 Å². The fourth-order valence-electron chi connectivity index (χ4n) is 3.82. The van der Waals surface area contributed by atoms with Crippen LogP contribution in [0.25, 0.3) is 0 Å². The number of aliphatic hydroxyl groups excluding tert-OH is 1. The van der Waals surface area contributed by atoms with Crippen molar-refractivity contribution in [1.29, 1.82) is 0 Å². The van der Waals surface area contributed by atoms with E-state index < -0.39 is 0 Å². The largest absolute Gasteiger partial charge is 0.507 e. The number of hydrogen-bond donors (Lipinski definition) is 2. The van der Waals surface area contributed by atoms with Crippen LogP contribution in [0.5, 0.6) is 5.75 Å². The van der Waals surface area contributed by atoms with Crippen LogP contribution in [-0.4, -0.2) is 65.3 Å². The van der Waals surface area contributed by atoms with Crippen molar-refractivity contribution in [3.63, 3.8) is 0 Å². The Balaban J connectivity index is 1.64. The summed E-state index contributed by atoms with van der Waals surface area (Å²) < 4.78 is 0. The minimum absolute atomic E-state index is 0.0412. The highest BCUT2D eigenvalue weighted by atomic mass is 35.5. The third-order valence-electron chi connectivity index (χ3n) is 5.39. The lowest BCUT2D eigenvalue weighted by atomic mass is 9.78. The number of carbonyl (C=O) groups is 1. The smallest absolute Gasteiger partial charge is 0.257 e. The van der Waals surface area contributed by atoms with E-state index in [0.29, 0.717) is 18.1 Å². The van der Waals surface area contributed by atoms with Crippen LogP contribution in [0.1, 0.15) is 36.0 Å². The molecule has 2 N–H and O–H groups in total. The maximum Gasteiger partial charge on any atom is 0.257 e. The second-order valence-electron chi connectivity index (χ2n) is 7.10. The average Bonchev–Trinajstić information content (AvgIpc) is 3.10. The first-order valence-electron chi connectivity index (χ1n) is 8.64. The van der Waals surface area contributed by atoms with Crippen LogP contribution in [0.15, 0.2) is 18.2 Å². The highest BCUT2D eigenvalue weighted by Crippen LogP contribution is 2.34. The molecule has 132 valence electrons. The van der Waals surface area contributed by atoms with Crippen molar-refractivity contribution < 1.29 is 15.0 Å². The number of hydrogen-bond acceptors (Lipinski definition) is 4. The van der Waals surface area contributed by atoms with Crippen LogP contribution in [0.3, 0.4) is 0 Å². The lowest BCUT2D eigenvalue weighted by Crippen LogP contribution is -2.49. The van der Waals surface area contributed by atoms with Gasteiger partial charge in [0.15, 0.2) is 0 Å². The zero-order chi connectivity index (χ0) is 17.2. The molecule has 1 aromatic rings. The SMILES string of the molecule is O=C(c1cc(Cl)ccc1O)N1CCC(CO)(CN2CCCC2)CC1. The van der Waals surface area contributed by atoms with Crippen molar-refractivity contribution in [2.24, 2.45) is 5.41 Å². The lowest BCUT2D eigenvalue weighted by molar-refractivity contribution is 0.0178. The molecule has 5 nitrogen and oxygen atoms in total. The van der Waals surface area contributed by atoms with Crippen molar-refractivity contribution in [3.8, 4) is 5.75 Å². The first-order valence-corrected chi connectivity index (χ1v) is 9.02. The van der Waals surface area contributed by atoms with Crippen LogP contribution in [0.2, 0.25) is 5.02 Å².